The highest BCUT2D eigenvalue weighted by atomic mass is 15.6. The van der Waals surface area contributed by atoms with E-state index in [-0.39, 0.29) is 12.5 Å². The topological polar surface area (TPSA) is 20.2 Å². The largest absolute Gasteiger partial charge is 0.311 e. The van der Waals surface area contributed by atoms with Crippen molar-refractivity contribution in [3.63, 3.8) is 0 Å². The monoisotopic (exact) mass is 631 g/mol. The first-order valence-corrected chi connectivity index (χ1v) is 17.5. The van der Waals surface area contributed by atoms with Crippen LogP contribution >= 0.6 is 0 Å². The van der Waals surface area contributed by atoms with Crippen molar-refractivity contribution in [2.24, 2.45) is 0 Å². The molecule has 1 aromatic heterocycles. The summed E-state index contributed by atoms with van der Waals surface area (Å²) in [7, 11) is 0. The molecular formula is C46H37N3. The highest BCUT2D eigenvalue weighted by molar-refractivity contribution is 6.13. The van der Waals surface area contributed by atoms with Gasteiger partial charge in [-0.1, -0.05) is 164 Å². The minimum Gasteiger partial charge on any atom is -0.311 e. The molecule has 3 atom stereocenters. The van der Waals surface area contributed by atoms with Crippen LogP contribution < -0.4 is 5.32 Å². The van der Waals surface area contributed by atoms with E-state index in [2.05, 4.69) is 185 Å². The molecule has 0 bridgehead atoms. The quantitative estimate of drug-likeness (QED) is 0.197. The van der Waals surface area contributed by atoms with Gasteiger partial charge in [-0.15, -0.1) is 0 Å². The van der Waals surface area contributed by atoms with Crippen LogP contribution in [0.3, 0.4) is 0 Å². The lowest BCUT2D eigenvalue weighted by Crippen LogP contribution is -2.59. The number of nitrogens with zero attached hydrogens (tertiary/aromatic N) is 2. The third kappa shape index (κ3) is 4.16. The molecule has 236 valence electrons. The Labute approximate surface area is 287 Å². The summed E-state index contributed by atoms with van der Waals surface area (Å²) < 4.78 is 2.63. The van der Waals surface area contributed by atoms with E-state index in [4.69, 9.17) is 0 Å². The Morgan fingerprint density at radius 3 is 2.14 bits per heavy atom. The Balaban J connectivity index is 1.30. The Hall–Kier alpha value is -5.48. The molecular weight excluding hydrogens is 595 g/mol. The normalized spacial score (nSPS) is 21.3. The number of allylic oxidation sites excluding steroid dienone is 4. The van der Waals surface area contributed by atoms with Gasteiger partial charge in [0.2, 0.25) is 0 Å². The van der Waals surface area contributed by atoms with E-state index in [0.717, 1.165) is 19.4 Å². The molecule has 3 heteroatoms. The van der Waals surface area contributed by atoms with Crippen molar-refractivity contribution in [2.45, 2.75) is 37.3 Å². The Bertz CT molecular complexity index is 2400. The second-order valence-corrected chi connectivity index (χ2v) is 13.6. The fraction of sp³-hybridized carbons (Fsp3) is 0.130. The molecule has 10 rings (SSSR count). The molecule has 0 radical (unpaired) electrons. The molecule has 6 aromatic carbocycles. The fourth-order valence-corrected chi connectivity index (χ4v) is 8.98. The van der Waals surface area contributed by atoms with Gasteiger partial charge < -0.3 is 4.57 Å². The van der Waals surface area contributed by atoms with E-state index in [1.807, 2.05) is 0 Å². The molecule has 1 fully saturated rings. The van der Waals surface area contributed by atoms with Crippen molar-refractivity contribution in [3.05, 3.63) is 203 Å². The van der Waals surface area contributed by atoms with Gasteiger partial charge in [0.25, 0.3) is 0 Å². The smallest absolute Gasteiger partial charge is 0.145 e. The van der Waals surface area contributed by atoms with Crippen molar-refractivity contribution >= 4 is 21.8 Å². The maximum Gasteiger partial charge on any atom is 0.145 e. The van der Waals surface area contributed by atoms with Crippen molar-refractivity contribution < 1.29 is 0 Å². The van der Waals surface area contributed by atoms with E-state index in [0.29, 0.717) is 0 Å². The zero-order valence-corrected chi connectivity index (χ0v) is 27.3. The number of aromatic nitrogens is 1. The SMILES string of the molecule is C1=CC(C2(c3ccccc3)c3ccccc3-c3ccc4c5ccccc5n([C@@H]5NC(c6ccccc6)N5Cc5ccccc5)c4c32)=CCC1. The van der Waals surface area contributed by atoms with Gasteiger partial charge in [0.1, 0.15) is 6.29 Å². The Morgan fingerprint density at radius 2 is 1.35 bits per heavy atom. The van der Waals surface area contributed by atoms with Crippen molar-refractivity contribution in [1.29, 1.82) is 0 Å². The van der Waals surface area contributed by atoms with Crippen LogP contribution in [0.1, 0.15) is 53.1 Å². The van der Waals surface area contributed by atoms with Crippen LogP contribution in [0, 0.1) is 0 Å². The first kappa shape index (κ1) is 28.5. The van der Waals surface area contributed by atoms with Crippen molar-refractivity contribution in [3.8, 4) is 11.1 Å². The molecule has 1 saturated heterocycles. The predicted octanol–water partition coefficient (Wildman–Crippen LogP) is 10.6. The maximum atomic E-state index is 4.07. The molecule has 0 amide bonds. The van der Waals surface area contributed by atoms with Gasteiger partial charge in [-0.05, 0) is 57.9 Å². The molecule has 49 heavy (non-hydrogen) atoms. The van der Waals surface area contributed by atoms with E-state index in [1.165, 1.54) is 66.3 Å². The summed E-state index contributed by atoms with van der Waals surface area (Å²) in [5, 5.41) is 6.66. The molecule has 7 aromatic rings. The minimum atomic E-state index is -0.456. The van der Waals surface area contributed by atoms with Crippen LogP contribution in [0.2, 0.25) is 0 Å². The Morgan fingerprint density at radius 1 is 0.633 bits per heavy atom. The molecule has 3 aliphatic rings. The zero-order chi connectivity index (χ0) is 32.4. The number of hydrogen-bond acceptors (Lipinski definition) is 2. The summed E-state index contributed by atoms with van der Waals surface area (Å²) in [6.07, 6.45) is 9.45. The zero-order valence-electron chi connectivity index (χ0n) is 27.3. The summed E-state index contributed by atoms with van der Waals surface area (Å²) in [5.41, 5.74) is 12.8. The number of para-hydroxylation sites is 1. The highest BCUT2D eigenvalue weighted by Crippen LogP contribution is 2.60. The molecule has 2 heterocycles. The third-order valence-electron chi connectivity index (χ3n) is 11.0. The second-order valence-electron chi connectivity index (χ2n) is 13.6. The van der Waals surface area contributed by atoms with Gasteiger partial charge in [0.15, 0.2) is 0 Å². The first-order valence-electron chi connectivity index (χ1n) is 17.5. The average molecular weight is 632 g/mol. The van der Waals surface area contributed by atoms with Crippen LogP contribution in [-0.2, 0) is 12.0 Å². The fourth-order valence-electron chi connectivity index (χ4n) is 8.98. The maximum absolute atomic E-state index is 4.07. The van der Waals surface area contributed by atoms with Crippen molar-refractivity contribution in [2.75, 3.05) is 0 Å². The standard InChI is InChI=1S/C46H37N3/c1-5-17-32(18-6-1)31-48-44(33-19-7-2-8-20-33)47-45(48)49-41-28-16-14-26-37(41)39-30-29-38-36-25-13-15-27-40(36)46(42(38)43(39)49,34-21-9-3-10-22-34)35-23-11-4-12-24-35/h1-3,5-11,13-30,44-45,47H,4,12,31H2/t44?,45-,46?/m1/s1. The number of benzene rings is 6. The molecule has 1 N–H and O–H groups in total. The van der Waals surface area contributed by atoms with Crippen molar-refractivity contribution in [1.82, 2.24) is 14.8 Å². The lowest BCUT2D eigenvalue weighted by molar-refractivity contribution is -0.0783. The Kier molecular flexibility index (Phi) is 6.58. The molecule has 0 saturated carbocycles. The second kappa shape index (κ2) is 11.3. The molecule has 1 aliphatic heterocycles. The average Bonchev–Trinajstić information content (AvgIpc) is 3.66. The summed E-state index contributed by atoms with van der Waals surface area (Å²) in [5.74, 6) is 0. The minimum absolute atomic E-state index is 0.0487. The van der Waals surface area contributed by atoms with E-state index in [1.54, 1.807) is 0 Å². The number of hydrogen-bond donors (Lipinski definition) is 1. The summed E-state index contributed by atoms with van der Waals surface area (Å²) in [6, 6.07) is 56.0. The lowest BCUT2D eigenvalue weighted by atomic mass is 9.66. The van der Waals surface area contributed by atoms with Gasteiger partial charge in [-0.3, -0.25) is 5.32 Å². The van der Waals surface area contributed by atoms with E-state index >= 15 is 0 Å². The molecule has 3 nitrogen and oxygen atoms in total. The molecule has 2 unspecified atom stereocenters. The third-order valence-corrected chi connectivity index (χ3v) is 11.0. The van der Waals surface area contributed by atoms with Gasteiger partial charge in [0.05, 0.1) is 22.6 Å². The number of nitrogens with one attached hydrogen (secondary N) is 1. The predicted molar refractivity (Wildman–Crippen MR) is 201 cm³/mol. The van der Waals surface area contributed by atoms with E-state index < -0.39 is 5.41 Å². The van der Waals surface area contributed by atoms with E-state index in [9.17, 15) is 0 Å². The molecule has 2 aliphatic carbocycles. The summed E-state index contributed by atoms with van der Waals surface area (Å²) in [4.78, 5) is 2.63. The van der Waals surface area contributed by atoms with Gasteiger partial charge >= 0.3 is 0 Å². The number of rotatable bonds is 6. The van der Waals surface area contributed by atoms with Gasteiger partial charge in [0, 0.05) is 22.9 Å². The lowest BCUT2D eigenvalue weighted by Gasteiger charge is -2.51. The summed E-state index contributed by atoms with van der Waals surface area (Å²) in [6.45, 7) is 0.832. The van der Waals surface area contributed by atoms with Crippen LogP contribution in [0.15, 0.2) is 175 Å². The van der Waals surface area contributed by atoms with Crippen LogP contribution in [0.4, 0.5) is 0 Å². The number of fused-ring (bicyclic) bond motifs is 7. The van der Waals surface area contributed by atoms with Crippen LogP contribution in [-0.4, -0.2) is 9.47 Å². The van der Waals surface area contributed by atoms with Crippen LogP contribution in [0.25, 0.3) is 32.9 Å². The molecule has 0 spiro atoms. The highest BCUT2D eigenvalue weighted by Gasteiger charge is 2.50. The first-order chi connectivity index (χ1) is 24.3. The summed E-state index contributed by atoms with van der Waals surface area (Å²) >= 11 is 0. The van der Waals surface area contributed by atoms with Crippen LogP contribution in [0.5, 0.6) is 0 Å². The van der Waals surface area contributed by atoms with Gasteiger partial charge in [-0.25, -0.2) is 4.90 Å². The van der Waals surface area contributed by atoms with Gasteiger partial charge in [-0.2, -0.15) is 0 Å².